The number of ketones is 1. The Morgan fingerprint density at radius 2 is 1.58 bits per heavy atom. The van der Waals surface area contributed by atoms with E-state index < -0.39 is 5.92 Å². The van der Waals surface area contributed by atoms with Crippen LogP contribution in [0.25, 0.3) is 10.8 Å². The highest BCUT2D eigenvalue weighted by Gasteiger charge is 2.57. The van der Waals surface area contributed by atoms with E-state index in [2.05, 4.69) is 6.08 Å². The predicted molar refractivity (Wildman–Crippen MR) is 128 cm³/mol. The van der Waals surface area contributed by atoms with Crippen molar-refractivity contribution in [3.05, 3.63) is 90.0 Å². The number of fused-ring (bicyclic) bond motifs is 4. The van der Waals surface area contributed by atoms with Crippen molar-refractivity contribution in [3.8, 4) is 0 Å². The normalized spacial score (nSPS) is 26.3. The number of hydrogen-bond donors (Lipinski definition) is 0. The highest BCUT2D eigenvalue weighted by atomic mass is 16.2. The minimum absolute atomic E-state index is 0.0299. The Bertz CT molecular complexity index is 1300. The third-order valence-electron chi connectivity index (χ3n) is 7.70. The molecular formula is C29H25NO3. The van der Waals surface area contributed by atoms with Crippen molar-refractivity contribution < 1.29 is 14.4 Å². The van der Waals surface area contributed by atoms with Gasteiger partial charge >= 0.3 is 0 Å². The summed E-state index contributed by atoms with van der Waals surface area (Å²) in [7, 11) is 0. The maximum Gasteiger partial charge on any atom is 0.238 e. The van der Waals surface area contributed by atoms with Crippen LogP contribution in [0.15, 0.2) is 84.4 Å². The molecule has 2 unspecified atom stereocenters. The van der Waals surface area contributed by atoms with E-state index in [9.17, 15) is 14.4 Å². The van der Waals surface area contributed by atoms with Crippen LogP contribution in [-0.2, 0) is 9.59 Å². The molecule has 164 valence electrons. The summed E-state index contributed by atoms with van der Waals surface area (Å²) in [5.41, 5.74) is 2.58. The summed E-state index contributed by atoms with van der Waals surface area (Å²) in [6.45, 7) is 0. The second kappa shape index (κ2) is 7.80. The lowest BCUT2D eigenvalue weighted by atomic mass is 9.67. The molecule has 2 aliphatic carbocycles. The largest absolute Gasteiger partial charge is 0.294 e. The van der Waals surface area contributed by atoms with Crippen LogP contribution in [0.2, 0.25) is 0 Å². The number of amides is 2. The molecule has 0 bridgehead atoms. The molecule has 1 saturated heterocycles. The molecular weight excluding hydrogens is 410 g/mol. The van der Waals surface area contributed by atoms with E-state index in [1.807, 2.05) is 72.8 Å². The fraction of sp³-hybridized carbons (Fsp3) is 0.276. The van der Waals surface area contributed by atoms with Gasteiger partial charge in [-0.25, -0.2) is 0 Å². The number of rotatable bonds is 4. The Hall–Kier alpha value is -3.53. The summed E-state index contributed by atoms with van der Waals surface area (Å²) in [4.78, 5) is 42.1. The van der Waals surface area contributed by atoms with Gasteiger partial charge in [-0.15, -0.1) is 0 Å². The fourth-order valence-corrected chi connectivity index (χ4v) is 6.29. The first kappa shape index (κ1) is 20.1. The molecule has 0 spiro atoms. The van der Waals surface area contributed by atoms with Crippen LogP contribution in [-0.4, -0.2) is 17.6 Å². The van der Waals surface area contributed by atoms with Crippen LogP contribution in [0.1, 0.15) is 36.0 Å². The topological polar surface area (TPSA) is 54.5 Å². The Labute approximate surface area is 192 Å². The number of anilines is 1. The van der Waals surface area contributed by atoms with Gasteiger partial charge in [-0.1, -0.05) is 72.3 Å². The molecule has 6 rings (SSSR count). The SMILES string of the molecule is O=C(C[C@H]1C=C2CCC[C@H]2C2C(=O)N(c3ccccc3)C(=O)C21)c1cccc2ccccc12. The van der Waals surface area contributed by atoms with Crippen molar-refractivity contribution in [2.75, 3.05) is 4.90 Å². The number of benzene rings is 3. The lowest BCUT2D eigenvalue weighted by Crippen LogP contribution is -2.35. The average molecular weight is 436 g/mol. The number of imide groups is 1. The minimum Gasteiger partial charge on any atom is -0.294 e. The van der Waals surface area contributed by atoms with Crippen molar-refractivity contribution in [1.29, 1.82) is 0 Å². The highest BCUT2D eigenvalue weighted by molar-refractivity contribution is 6.22. The molecule has 0 N–H and O–H groups in total. The van der Waals surface area contributed by atoms with Gasteiger partial charge in [-0.2, -0.15) is 0 Å². The molecule has 4 heteroatoms. The van der Waals surface area contributed by atoms with E-state index in [1.165, 1.54) is 10.5 Å². The van der Waals surface area contributed by atoms with Crippen LogP contribution < -0.4 is 4.90 Å². The summed E-state index contributed by atoms with van der Waals surface area (Å²) in [6.07, 6.45) is 5.35. The Balaban J connectivity index is 1.38. The lowest BCUT2D eigenvalue weighted by Gasteiger charge is -2.33. The molecule has 1 saturated carbocycles. The van der Waals surface area contributed by atoms with E-state index in [-0.39, 0.29) is 41.8 Å². The molecule has 1 heterocycles. The second-order valence-electron chi connectivity index (χ2n) is 9.46. The summed E-state index contributed by atoms with van der Waals surface area (Å²) in [5, 5.41) is 1.96. The number of carbonyl (C=O) groups excluding carboxylic acids is 3. The molecule has 2 amide bonds. The maximum absolute atomic E-state index is 13.6. The maximum atomic E-state index is 13.6. The Kier molecular flexibility index (Phi) is 4.75. The standard InChI is InChI=1S/C29H25NO3/c31-25(24-15-6-9-18-8-4-5-13-22(18)24)17-20-16-19-10-7-14-23(19)27-26(20)28(32)30(29(27)33)21-11-2-1-3-12-21/h1-6,8-9,11-13,15-16,20,23,26-27H,7,10,14,17H2/t20-,23-,26?,27?/m1/s1. The van der Waals surface area contributed by atoms with Crippen LogP contribution >= 0.6 is 0 Å². The van der Waals surface area contributed by atoms with Gasteiger partial charge in [0.2, 0.25) is 11.8 Å². The number of hydrogen-bond acceptors (Lipinski definition) is 3. The lowest BCUT2D eigenvalue weighted by molar-refractivity contribution is -0.122. The summed E-state index contributed by atoms with van der Waals surface area (Å²) < 4.78 is 0. The first-order chi connectivity index (χ1) is 16.1. The van der Waals surface area contributed by atoms with Gasteiger partial charge < -0.3 is 0 Å². The van der Waals surface area contributed by atoms with Gasteiger partial charge in [-0.3, -0.25) is 19.3 Å². The molecule has 3 aliphatic rings. The van der Waals surface area contributed by atoms with Gasteiger partial charge in [0.25, 0.3) is 0 Å². The number of para-hydroxylation sites is 1. The third kappa shape index (κ3) is 3.16. The summed E-state index contributed by atoms with van der Waals surface area (Å²) >= 11 is 0. The summed E-state index contributed by atoms with van der Waals surface area (Å²) in [5.74, 6) is -1.18. The van der Waals surface area contributed by atoms with Crippen molar-refractivity contribution in [3.63, 3.8) is 0 Å². The summed E-state index contributed by atoms with van der Waals surface area (Å²) in [6, 6.07) is 22.9. The number of allylic oxidation sites excluding steroid dienone is 2. The van der Waals surface area contributed by atoms with Crippen LogP contribution in [0.5, 0.6) is 0 Å². The van der Waals surface area contributed by atoms with E-state index in [4.69, 9.17) is 0 Å². The molecule has 1 aliphatic heterocycles. The van der Waals surface area contributed by atoms with Gasteiger partial charge in [0.15, 0.2) is 5.78 Å². The molecule has 4 nitrogen and oxygen atoms in total. The second-order valence-corrected chi connectivity index (χ2v) is 9.46. The van der Waals surface area contributed by atoms with E-state index in [1.54, 1.807) is 0 Å². The molecule has 33 heavy (non-hydrogen) atoms. The smallest absolute Gasteiger partial charge is 0.238 e. The highest BCUT2D eigenvalue weighted by Crippen LogP contribution is 2.52. The van der Waals surface area contributed by atoms with Gasteiger partial charge in [0, 0.05) is 12.0 Å². The molecule has 3 aromatic carbocycles. The first-order valence-corrected chi connectivity index (χ1v) is 11.8. The quantitative estimate of drug-likeness (QED) is 0.306. The number of carbonyl (C=O) groups is 3. The van der Waals surface area contributed by atoms with E-state index >= 15 is 0 Å². The monoisotopic (exact) mass is 435 g/mol. The molecule has 2 fully saturated rings. The van der Waals surface area contributed by atoms with Crippen LogP contribution in [0, 0.1) is 23.7 Å². The molecule has 0 radical (unpaired) electrons. The van der Waals surface area contributed by atoms with Gasteiger partial charge in [0.1, 0.15) is 0 Å². The first-order valence-electron chi connectivity index (χ1n) is 11.8. The number of nitrogens with zero attached hydrogens (tertiary/aromatic N) is 1. The Morgan fingerprint density at radius 3 is 2.42 bits per heavy atom. The van der Waals surface area contributed by atoms with Crippen molar-refractivity contribution in [1.82, 2.24) is 0 Å². The predicted octanol–water partition coefficient (Wildman–Crippen LogP) is 5.57. The van der Waals surface area contributed by atoms with Crippen LogP contribution in [0.3, 0.4) is 0 Å². The Morgan fingerprint density at radius 1 is 0.848 bits per heavy atom. The van der Waals surface area contributed by atoms with Crippen LogP contribution in [0.4, 0.5) is 5.69 Å². The van der Waals surface area contributed by atoms with E-state index in [0.29, 0.717) is 11.3 Å². The molecule has 4 atom stereocenters. The average Bonchev–Trinajstić information content (AvgIpc) is 3.41. The minimum atomic E-state index is -0.469. The number of Topliss-reactive ketones (excluding diaryl/α,β-unsaturated/α-hetero) is 1. The molecule has 0 aromatic heterocycles. The zero-order chi connectivity index (χ0) is 22.5. The fourth-order valence-electron chi connectivity index (χ4n) is 6.29. The third-order valence-corrected chi connectivity index (χ3v) is 7.70. The molecule has 3 aromatic rings. The zero-order valence-electron chi connectivity index (χ0n) is 18.3. The van der Waals surface area contributed by atoms with E-state index in [0.717, 1.165) is 30.0 Å². The van der Waals surface area contributed by atoms with Gasteiger partial charge in [0.05, 0.1) is 17.5 Å². The van der Waals surface area contributed by atoms with Crippen molar-refractivity contribution >= 4 is 34.1 Å². The van der Waals surface area contributed by atoms with Crippen molar-refractivity contribution in [2.24, 2.45) is 23.7 Å². The van der Waals surface area contributed by atoms with Crippen molar-refractivity contribution in [2.45, 2.75) is 25.7 Å². The van der Waals surface area contributed by atoms with Gasteiger partial charge in [-0.05, 0) is 54.0 Å². The zero-order valence-corrected chi connectivity index (χ0v) is 18.3.